The van der Waals surface area contributed by atoms with Crippen LogP contribution < -0.4 is 5.11 Å². The lowest BCUT2D eigenvalue weighted by molar-refractivity contribution is -0.385. The fourth-order valence-electron chi connectivity index (χ4n) is 1.26. The van der Waals surface area contributed by atoms with E-state index in [1.54, 1.807) is 0 Å². The van der Waals surface area contributed by atoms with Gasteiger partial charge in [0.05, 0.1) is 11.5 Å². The smallest absolute Gasteiger partial charge is 0.345 e. The van der Waals surface area contributed by atoms with Crippen molar-refractivity contribution < 1.29 is 24.4 Å². The quantitative estimate of drug-likeness (QED) is 0.311. The first-order valence-electron chi connectivity index (χ1n) is 5.12. The number of carboxylic acid groups (broad SMARTS) is 1. The topological polar surface area (TPSA) is 110 Å². The van der Waals surface area contributed by atoms with Gasteiger partial charge in [-0.25, -0.2) is 4.79 Å². The molecule has 0 amide bonds. The maximum atomic E-state index is 11.5. The van der Waals surface area contributed by atoms with Gasteiger partial charge in [0, 0.05) is 12.0 Å². The summed E-state index contributed by atoms with van der Waals surface area (Å²) in [5.74, 6) is -2.09. The Hall–Kier alpha value is -2.44. The molecule has 0 atom stereocenters. The zero-order valence-electron chi connectivity index (χ0n) is 9.33. The third kappa shape index (κ3) is 3.85. The average molecular weight is 252 g/mol. The van der Waals surface area contributed by atoms with Gasteiger partial charge in [0.2, 0.25) is 0 Å². The predicted octanol–water partition coefficient (Wildman–Crippen LogP) is 0.282. The van der Waals surface area contributed by atoms with E-state index in [0.29, 0.717) is 0 Å². The van der Waals surface area contributed by atoms with Crippen LogP contribution in [0.1, 0.15) is 23.2 Å². The van der Waals surface area contributed by atoms with Crippen LogP contribution >= 0.6 is 0 Å². The van der Waals surface area contributed by atoms with Crippen molar-refractivity contribution >= 4 is 17.6 Å². The molecule has 18 heavy (non-hydrogen) atoms. The molecule has 0 bridgehead atoms. The minimum Gasteiger partial charge on any atom is -0.550 e. The van der Waals surface area contributed by atoms with Crippen LogP contribution in [0.4, 0.5) is 5.69 Å². The number of ether oxygens (including phenoxy) is 1. The number of rotatable bonds is 6. The van der Waals surface area contributed by atoms with Gasteiger partial charge in [0.1, 0.15) is 5.56 Å². The highest BCUT2D eigenvalue weighted by atomic mass is 16.6. The Balaban J connectivity index is 2.61. The first kappa shape index (κ1) is 13.6. The molecule has 1 aromatic carbocycles. The molecule has 0 N–H and O–H groups in total. The Labute approximate surface area is 102 Å². The van der Waals surface area contributed by atoms with Gasteiger partial charge < -0.3 is 14.6 Å². The highest BCUT2D eigenvalue weighted by molar-refractivity contribution is 5.93. The maximum Gasteiger partial charge on any atom is 0.345 e. The van der Waals surface area contributed by atoms with Crippen LogP contribution in [-0.4, -0.2) is 23.5 Å². The molecule has 0 saturated heterocycles. The highest BCUT2D eigenvalue weighted by Crippen LogP contribution is 2.18. The summed E-state index contributed by atoms with van der Waals surface area (Å²) in [5, 5.41) is 20.8. The van der Waals surface area contributed by atoms with E-state index in [-0.39, 0.29) is 30.7 Å². The molecule has 0 aliphatic carbocycles. The van der Waals surface area contributed by atoms with Crippen molar-refractivity contribution in [1.29, 1.82) is 0 Å². The summed E-state index contributed by atoms with van der Waals surface area (Å²) < 4.78 is 4.73. The number of carboxylic acids is 1. The average Bonchev–Trinajstić information content (AvgIpc) is 2.34. The summed E-state index contributed by atoms with van der Waals surface area (Å²) in [6.45, 7) is -0.126. The minimum absolute atomic E-state index is 0.106. The SMILES string of the molecule is O=C([O-])CCCOC(=O)c1ccccc1[N+](=O)[O-]. The zero-order valence-corrected chi connectivity index (χ0v) is 9.33. The Morgan fingerprint density at radius 2 is 1.94 bits per heavy atom. The molecular formula is C11H10NO6-. The molecule has 0 radical (unpaired) electrons. The van der Waals surface area contributed by atoms with Crippen LogP contribution in [0.25, 0.3) is 0 Å². The fourth-order valence-corrected chi connectivity index (χ4v) is 1.26. The Kier molecular flexibility index (Phi) is 4.79. The Morgan fingerprint density at radius 1 is 1.28 bits per heavy atom. The molecule has 1 aromatic rings. The normalized spacial score (nSPS) is 9.78. The number of nitro benzene ring substituents is 1. The van der Waals surface area contributed by atoms with E-state index in [2.05, 4.69) is 0 Å². The third-order valence-electron chi connectivity index (χ3n) is 2.08. The van der Waals surface area contributed by atoms with Crippen LogP contribution in [0.15, 0.2) is 24.3 Å². The standard InChI is InChI=1S/C11H11NO6/c13-10(14)6-3-7-18-11(15)8-4-1-2-5-9(8)12(16)17/h1-2,4-5H,3,6-7H2,(H,13,14)/p-1. The number of esters is 1. The van der Waals surface area contributed by atoms with Gasteiger partial charge in [0.25, 0.3) is 5.69 Å². The molecule has 0 spiro atoms. The van der Waals surface area contributed by atoms with Gasteiger partial charge in [-0.05, 0) is 18.9 Å². The molecule has 0 fully saturated rings. The Bertz CT molecular complexity index is 470. The van der Waals surface area contributed by atoms with Crippen molar-refractivity contribution in [1.82, 2.24) is 0 Å². The van der Waals surface area contributed by atoms with Crippen LogP contribution in [0, 0.1) is 10.1 Å². The first-order chi connectivity index (χ1) is 8.52. The summed E-state index contributed by atoms with van der Waals surface area (Å²) in [6, 6.07) is 5.38. The second-order valence-corrected chi connectivity index (χ2v) is 3.39. The van der Waals surface area contributed by atoms with Gasteiger partial charge in [-0.15, -0.1) is 0 Å². The van der Waals surface area contributed by atoms with E-state index >= 15 is 0 Å². The molecular weight excluding hydrogens is 242 g/mol. The van der Waals surface area contributed by atoms with E-state index in [4.69, 9.17) is 4.74 Å². The van der Waals surface area contributed by atoms with Crippen LogP contribution in [0.3, 0.4) is 0 Å². The van der Waals surface area contributed by atoms with Crippen LogP contribution in [-0.2, 0) is 9.53 Å². The molecule has 96 valence electrons. The zero-order chi connectivity index (χ0) is 13.5. The molecule has 0 aromatic heterocycles. The van der Waals surface area contributed by atoms with Crippen molar-refractivity contribution in [3.05, 3.63) is 39.9 Å². The summed E-state index contributed by atoms with van der Waals surface area (Å²) in [4.78, 5) is 31.6. The summed E-state index contributed by atoms with van der Waals surface area (Å²) in [5.41, 5.74) is -0.502. The van der Waals surface area contributed by atoms with E-state index in [0.717, 1.165) is 0 Å². The monoisotopic (exact) mass is 252 g/mol. The van der Waals surface area contributed by atoms with Crippen molar-refractivity contribution in [2.24, 2.45) is 0 Å². The number of carbonyl (C=O) groups excluding carboxylic acids is 2. The second-order valence-electron chi connectivity index (χ2n) is 3.39. The lowest BCUT2D eigenvalue weighted by atomic mass is 10.2. The summed E-state index contributed by atoms with van der Waals surface area (Å²) in [7, 11) is 0. The molecule has 7 nitrogen and oxygen atoms in total. The summed E-state index contributed by atoms with van der Waals surface area (Å²) >= 11 is 0. The fraction of sp³-hybridized carbons (Fsp3) is 0.273. The number of hydrogen-bond donors (Lipinski definition) is 0. The number of carbonyl (C=O) groups is 2. The van der Waals surface area contributed by atoms with Gasteiger partial charge in [-0.1, -0.05) is 12.1 Å². The van der Waals surface area contributed by atoms with Gasteiger partial charge >= 0.3 is 5.97 Å². The maximum absolute atomic E-state index is 11.5. The number of para-hydroxylation sites is 1. The lowest BCUT2D eigenvalue weighted by Crippen LogP contribution is -2.22. The predicted molar refractivity (Wildman–Crippen MR) is 57.6 cm³/mol. The number of nitrogens with zero attached hydrogens (tertiary/aromatic N) is 1. The number of benzene rings is 1. The molecule has 0 unspecified atom stereocenters. The molecule has 7 heteroatoms. The van der Waals surface area contributed by atoms with E-state index in [9.17, 15) is 24.8 Å². The van der Waals surface area contributed by atoms with Crippen LogP contribution in [0.5, 0.6) is 0 Å². The van der Waals surface area contributed by atoms with E-state index in [1.807, 2.05) is 0 Å². The number of nitro groups is 1. The van der Waals surface area contributed by atoms with E-state index in [1.165, 1.54) is 24.3 Å². The largest absolute Gasteiger partial charge is 0.550 e. The minimum atomic E-state index is -1.24. The molecule has 0 aliphatic heterocycles. The first-order valence-corrected chi connectivity index (χ1v) is 5.12. The van der Waals surface area contributed by atoms with Gasteiger partial charge in [-0.2, -0.15) is 0 Å². The molecule has 1 rings (SSSR count). The van der Waals surface area contributed by atoms with Gasteiger partial charge in [0.15, 0.2) is 0 Å². The number of aliphatic carboxylic acids is 1. The third-order valence-corrected chi connectivity index (χ3v) is 2.08. The number of hydrogen-bond acceptors (Lipinski definition) is 6. The van der Waals surface area contributed by atoms with Crippen molar-refractivity contribution in [3.8, 4) is 0 Å². The molecule has 0 saturated carbocycles. The lowest BCUT2D eigenvalue weighted by Gasteiger charge is -2.05. The summed E-state index contributed by atoms with van der Waals surface area (Å²) in [6.07, 6.45) is -0.126. The van der Waals surface area contributed by atoms with Crippen LogP contribution in [0.2, 0.25) is 0 Å². The molecule has 0 heterocycles. The highest BCUT2D eigenvalue weighted by Gasteiger charge is 2.19. The van der Waals surface area contributed by atoms with Gasteiger partial charge in [-0.3, -0.25) is 10.1 Å². The molecule has 0 aliphatic rings. The van der Waals surface area contributed by atoms with Crippen molar-refractivity contribution in [2.75, 3.05) is 6.61 Å². The second kappa shape index (κ2) is 6.33. The van der Waals surface area contributed by atoms with E-state index < -0.39 is 16.9 Å². The van der Waals surface area contributed by atoms with Crippen molar-refractivity contribution in [2.45, 2.75) is 12.8 Å². The Morgan fingerprint density at radius 3 is 2.56 bits per heavy atom. The van der Waals surface area contributed by atoms with Crippen molar-refractivity contribution in [3.63, 3.8) is 0 Å².